The molecule has 0 saturated carbocycles. The molecule has 0 aromatic heterocycles. The van der Waals surface area contributed by atoms with Crippen LogP contribution in [0, 0.1) is 11.3 Å². The summed E-state index contributed by atoms with van der Waals surface area (Å²) in [5, 5.41) is 8.83. The Labute approximate surface area is 125 Å². The number of Topliss-reactive ketones (excluding diaryl/α,β-unsaturated/α-hetero) is 1. The van der Waals surface area contributed by atoms with E-state index >= 15 is 0 Å². The average Bonchev–Trinajstić information content (AvgIpc) is 2.53. The topological polar surface area (TPSA) is 45.3 Å². The number of carbonyl (C=O) groups excluding carboxylic acids is 1. The molecule has 0 saturated heterocycles. The van der Waals surface area contributed by atoms with Crippen molar-refractivity contribution in [2.45, 2.75) is 12.5 Å². The minimum absolute atomic E-state index is 0.125. The molecule has 21 heavy (non-hydrogen) atoms. The number of hydrogen-bond acceptors (Lipinski definition) is 2. The molecule has 0 aliphatic rings. The number of nitriles is 1. The maximum Gasteiger partial charge on any atom is 0.220 e. The van der Waals surface area contributed by atoms with E-state index in [1.165, 1.54) is 0 Å². The van der Waals surface area contributed by atoms with Gasteiger partial charge in [0.2, 0.25) is 5.78 Å². The summed E-state index contributed by atoms with van der Waals surface area (Å²) in [6.07, 6.45) is 0.668. The molecule has 0 bridgehead atoms. The highest BCUT2D eigenvalue weighted by molar-refractivity contribution is 5.99. The van der Waals surface area contributed by atoms with Gasteiger partial charge in [-0.1, -0.05) is 42.5 Å². The van der Waals surface area contributed by atoms with Crippen molar-refractivity contribution >= 4 is 5.78 Å². The molecule has 0 radical (unpaired) electrons. The second-order valence-corrected chi connectivity index (χ2v) is 5.37. The number of likely N-dealkylation sites (N-methyl/N-ethyl adjacent to an activating group) is 1. The summed E-state index contributed by atoms with van der Waals surface area (Å²) in [4.78, 5) is 13.7. The number of hydrogen-bond donors (Lipinski definition) is 1. The largest absolute Gasteiger partial charge is 0.331 e. The first-order valence-electron chi connectivity index (χ1n) is 7.00. The molecule has 3 nitrogen and oxygen atoms in total. The minimum Gasteiger partial charge on any atom is -0.331 e. The van der Waals surface area contributed by atoms with Crippen molar-refractivity contribution in [3.8, 4) is 6.07 Å². The van der Waals surface area contributed by atoms with Gasteiger partial charge in [-0.3, -0.25) is 4.79 Å². The summed E-state index contributed by atoms with van der Waals surface area (Å²) in [5.41, 5.74) is 2.46. The van der Waals surface area contributed by atoms with Gasteiger partial charge < -0.3 is 4.90 Å². The van der Waals surface area contributed by atoms with Gasteiger partial charge in [-0.2, -0.15) is 5.26 Å². The molecule has 0 amide bonds. The molecule has 0 fully saturated rings. The zero-order chi connectivity index (χ0) is 15.2. The smallest absolute Gasteiger partial charge is 0.220 e. The van der Waals surface area contributed by atoms with Crippen LogP contribution in [-0.4, -0.2) is 25.9 Å². The molecular weight excluding hydrogens is 260 g/mol. The predicted octanol–water partition coefficient (Wildman–Crippen LogP) is 1.50. The Hall–Kier alpha value is -2.44. The molecule has 0 aliphatic heterocycles. The maximum atomic E-state index is 12.6. The second-order valence-electron chi connectivity index (χ2n) is 5.37. The van der Waals surface area contributed by atoms with Gasteiger partial charge in [-0.25, -0.2) is 0 Å². The van der Waals surface area contributed by atoms with Crippen LogP contribution in [0.2, 0.25) is 0 Å². The van der Waals surface area contributed by atoms with Gasteiger partial charge in [0.05, 0.1) is 25.7 Å². The standard InChI is InChI=1S/C18H18N2O/c1-20(2)17(18(21)16-6-4-3-5-7-16)12-14-8-10-15(13-19)11-9-14/h3-11,17H,12H2,1-2H3/p+1/t17-/m0/s1. The lowest BCUT2D eigenvalue weighted by molar-refractivity contribution is -0.874. The number of rotatable bonds is 5. The third kappa shape index (κ3) is 3.77. The van der Waals surface area contributed by atoms with E-state index in [1.807, 2.05) is 56.6 Å². The van der Waals surface area contributed by atoms with Crippen molar-refractivity contribution in [3.63, 3.8) is 0 Å². The quantitative estimate of drug-likeness (QED) is 0.843. The highest BCUT2D eigenvalue weighted by Crippen LogP contribution is 2.09. The van der Waals surface area contributed by atoms with Crippen LogP contribution in [0.25, 0.3) is 0 Å². The van der Waals surface area contributed by atoms with Gasteiger partial charge in [0.15, 0.2) is 6.04 Å². The van der Waals surface area contributed by atoms with Crippen molar-refractivity contribution in [2.75, 3.05) is 14.1 Å². The Bertz CT molecular complexity index is 639. The molecule has 0 aliphatic carbocycles. The number of nitrogens with zero attached hydrogens (tertiary/aromatic N) is 1. The zero-order valence-electron chi connectivity index (χ0n) is 12.3. The van der Waals surface area contributed by atoms with Gasteiger partial charge in [-0.05, 0) is 17.7 Å². The van der Waals surface area contributed by atoms with Crippen molar-refractivity contribution in [1.82, 2.24) is 0 Å². The summed E-state index contributed by atoms with van der Waals surface area (Å²) in [6, 6.07) is 18.8. The molecular formula is C18H19N2O+. The van der Waals surface area contributed by atoms with Gasteiger partial charge in [-0.15, -0.1) is 0 Å². The van der Waals surface area contributed by atoms with Crippen LogP contribution >= 0.6 is 0 Å². The fourth-order valence-electron chi connectivity index (χ4n) is 2.31. The van der Waals surface area contributed by atoms with E-state index in [0.29, 0.717) is 12.0 Å². The van der Waals surface area contributed by atoms with E-state index in [0.717, 1.165) is 16.0 Å². The summed E-state index contributed by atoms with van der Waals surface area (Å²) in [6.45, 7) is 0. The molecule has 0 spiro atoms. The van der Waals surface area contributed by atoms with E-state index < -0.39 is 0 Å². The molecule has 3 heteroatoms. The van der Waals surface area contributed by atoms with Crippen molar-refractivity contribution in [3.05, 3.63) is 71.3 Å². The van der Waals surface area contributed by atoms with Crippen LogP contribution in [0.1, 0.15) is 21.5 Å². The summed E-state index contributed by atoms with van der Waals surface area (Å²) >= 11 is 0. The fourth-order valence-corrected chi connectivity index (χ4v) is 2.31. The predicted molar refractivity (Wildman–Crippen MR) is 82.2 cm³/mol. The Morgan fingerprint density at radius 3 is 2.24 bits per heavy atom. The molecule has 1 atom stereocenters. The first-order valence-corrected chi connectivity index (χ1v) is 7.00. The average molecular weight is 279 g/mol. The molecule has 0 unspecified atom stereocenters. The molecule has 2 rings (SSSR count). The summed E-state index contributed by atoms with van der Waals surface area (Å²) < 4.78 is 0. The minimum atomic E-state index is -0.125. The normalized spacial score (nSPS) is 11.9. The Morgan fingerprint density at radius 1 is 1.10 bits per heavy atom. The highest BCUT2D eigenvalue weighted by atomic mass is 16.1. The first-order chi connectivity index (χ1) is 10.1. The monoisotopic (exact) mass is 279 g/mol. The zero-order valence-corrected chi connectivity index (χ0v) is 12.3. The lowest BCUT2D eigenvalue weighted by atomic mass is 9.96. The summed E-state index contributed by atoms with van der Waals surface area (Å²) in [7, 11) is 3.99. The van der Waals surface area contributed by atoms with Crippen LogP contribution in [0.4, 0.5) is 0 Å². The number of benzene rings is 2. The van der Waals surface area contributed by atoms with E-state index in [2.05, 4.69) is 6.07 Å². The van der Waals surface area contributed by atoms with E-state index in [-0.39, 0.29) is 11.8 Å². The highest BCUT2D eigenvalue weighted by Gasteiger charge is 2.25. The van der Waals surface area contributed by atoms with Gasteiger partial charge in [0, 0.05) is 12.0 Å². The third-order valence-electron chi connectivity index (χ3n) is 3.59. The van der Waals surface area contributed by atoms with Crippen LogP contribution in [0.15, 0.2) is 54.6 Å². The SMILES string of the molecule is C[NH+](C)[C@@H](Cc1ccc(C#N)cc1)C(=O)c1ccccc1. The van der Waals surface area contributed by atoms with Crippen LogP contribution < -0.4 is 4.90 Å². The van der Waals surface area contributed by atoms with Gasteiger partial charge in [0.1, 0.15) is 0 Å². The fraction of sp³-hybridized carbons (Fsp3) is 0.222. The Balaban J connectivity index is 2.19. The van der Waals surface area contributed by atoms with Crippen molar-refractivity contribution in [2.24, 2.45) is 0 Å². The number of carbonyl (C=O) groups is 1. The Morgan fingerprint density at radius 2 is 1.71 bits per heavy atom. The van der Waals surface area contributed by atoms with Gasteiger partial charge >= 0.3 is 0 Å². The number of ketones is 1. The molecule has 2 aromatic carbocycles. The van der Waals surface area contributed by atoms with E-state index in [9.17, 15) is 4.79 Å². The number of nitrogens with one attached hydrogen (secondary N) is 1. The van der Waals surface area contributed by atoms with Crippen LogP contribution in [-0.2, 0) is 6.42 Å². The third-order valence-corrected chi connectivity index (χ3v) is 3.59. The van der Waals surface area contributed by atoms with Crippen molar-refractivity contribution < 1.29 is 9.69 Å². The van der Waals surface area contributed by atoms with Gasteiger partial charge in [0.25, 0.3) is 0 Å². The number of quaternary nitrogens is 1. The lowest BCUT2D eigenvalue weighted by Crippen LogP contribution is -3.11. The van der Waals surface area contributed by atoms with Crippen LogP contribution in [0.5, 0.6) is 0 Å². The van der Waals surface area contributed by atoms with E-state index in [4.69, 9.17) is 5.26 Å². The maximum absolute atomic E-state index is 12.6. The second kappa shape index (κ2) is 6.83. The van der Waals surface area contributed by atoms with Crippen molar-refractivity contribution in [1.29, 1.82) is 5.26 Å². The lowest BCUT2D eigenvalue weighted by Gasteiger charge is -2.20. The molecule has 0 heterocycles. The van der Waals surface area contributed by atoms with Crippen LogP contribution in [0.3, 0.4) is 0 Å². The molecule has 1 N–H and O–H groups in total. The summed E-state index contributed by atoms with van der Waals surface area (Å²) in [5.74, 6) is 0.153. The van der Waals surface area contributed by atoms with E-state index in [1.54, 1.807) is 12.1 Å². The molecule has 2 aromatic rings. The Kier molecular flexibility index (Phi) is 4.86. The molecule has 106 valence electrons. The first kappa shape index (κ1) is 15.0.